The van der Waals surface area contributed by atoms with Gasteiger partial charge in [0.25, 0.3) is 0 Å². The number of benzene rings is 1. The highest BCUT2D eigenvalue weighted by Crippen LogP contribution is 2.13. The van der Waals surface area contributed by atoms with Gasteiger partial charge in [0.2, 0.25) is 0 Å². The molecule has 1 heterocycles. The Hall–Kier alpha value is -1.87. The summed E-state index contributed by atoms with van der Waals surface area (Å²) in [5.74, 6) is 0.874. The Labute approximate surface area is 101 Å². The molecule has 0 amide bonds. The second-order valence-corrected chi connectivity index (χ2v) is 3.96. The fourth-order valence-corrected chi connectivity index (χ4v) is 1.46. The molecule has 3 nitrogen and oxygen atoms in total. The van der Waals surface area contributed by atoms with E-state index in [0.717, 1.165) is 17.0 Å². The largest absolute Gasteiger partial charge is 0.489 e. The minimum Gasteiger partial charge on any atom is -0.489 e. The third-order valence-corrected chi connectivity index (χ3v) is 2.52. The van der Waals surface area contributed by atoms with Crippen molar-refractivity contribution in [3.05, 3.63) is 59.4 Å². The lowest BCUT2D eigenvalue weighted by Gasteiger charge is -2.06. The molecule has 0 aliphatic carbocycles. The molecule has 2 rings (SSSR count). The summed E-state index contributed by atoms with van der Waals surface area (Å²) < 4.78 is 5.65. The van der Waals surface area contributed by atoms with Crippen LogP contribution in [0.4, 0.5) is 0 Å². The van der Waals surface area contributed by atoms with Crippen molar-refractivity contribution in [2.24, 2.45) is 5.73 Å². The molecule has 0 unspecified atom stereocenters. The fourth-order valence-electron chi connectivity index (χ4n) is 1.46. The smallest absolute Gasteiger partial charge is 0.119 e. The molecule has 2 aromatic rings. The predicted octanol–water partition coefficient (Wildman–Crippen LogP) is 2.43. The first kappa shape index (κ1) is 11.6. The molecule has 88 valence electrons. The molecule has 0 spiro atoms. The summed E-state index contributed by atoms with van der Waals surface area (Å²) in [6, 6.07) is 11.9. The van der Waals surface area contributed by atoms with Crippen LogP contribution < -0.4 is 10.5 Å². The van der Waals surface area contributed by atoms with Crippen LogP contribution >= 0.6 is 0 Å². The van der Waals surface area contributed by atoms with Crippen LogP contribution in [-0.2, 0) is 13.2 Å². The van der Waals surface area contributed by atoms with Crippen molar-refractivity contribution in [3.8, 4) is 5.75 Å². The molecule has 0 atom stereocenters. The van der Waals surface area contributed by atoms with Crippen molar-refractivity contribution in [2.75, 3.05) is 0 Å². The van der Waals surface area contributed by atoms with Crippen molar-refractivity contribution in [2.45, 2.75) is 20.1 Å². The fraction of sp³-hybridized carbons (Fsp3) is 0.214. The highest BCUT2D eigenvalue weighted by Gasteiger charge is 1.97. The van der Waals surface area contributed by atoms with Gasteiger partial charge in [-0.25, -0.2) is 0 Å². The second kappa shape index (κ2) is 5.46. The van der Waals surface area contributed by atoms with Crippen LogP contribution in [0.1, 0.15) is 16.8 Å². The second-order valence-electron chi connectivity index (χ2n) is 3.96. The quantitative estimate of drug-likeness (QED) is 0.874. The van der Waals surface area contributed by atoms with Crippen molar-refractivity contribution in [1.29, 1.82) is 0 Å². The molecule has 2 N–H and O–H groups in total. The number of hydrogen-bond donors (Lipinski definition) is 1. The first-order chi connectivity index (χ1) is 8.28. The maximum Gasteiger partial charge on any atom is 0.119 e. The van der Waals surface area contributed by atoms with Gasteiger partial charge in [0.05, 0.1) is 5.69 Å². The summed E-state index contributed by atoms with van der Waals surface area (Å²) >= 11 is 0. The highest BCUT2D eigenvalue weighted by molar-refractivity contribution is 5.26. The number of nitrogens with zero attached hydrogens (tertiary/aromatic N) is 1. The lowest BCUT2D eigenvalue weighted by molar-refractivity contribution is 0.305. The monoisotopic (exact) mass is 228 g/mol. The maximum absolute atomic E-state index is 5.65. The Kier molecular flexibility index (Phi) is 3.73. The van der Waals surface area contributed by atoms with E-state index in [0.29, 0.717) is 13.2 Å². The van der Waals surface area contributed by atoms with Crippen LogP contribution in [0.25, 0.3) is 0 Å². The molecule has 1 aromatic heterocycles. The van der Waals surface area contributed by atoms with E-state index in [4.69, 9.17) is 10.5 Å². The van der Waals surface area contributed by atoms with Gasteiger partial charge in [0.15, 0.2) is 0 Å². The van der Waals surface area contributed by atoms with Crippen LogP contribution in [0.5, 0.6) is 5.75 Å². The number of nitrogens with two attached hydrogens (primary N) is 1. The molecule has 0 aliphatic heterocycles. The van der Waals surface area contributed by atoms with Gasteiger partial charge in [-0.2, -0.15) is 0 Å². The highest BCUT2D eigenvalue weighted by atomic mass is 16.5. The number of hydrogen-bond acceptors (Lipinski definition) is 3. The topological polar surface area (TPSA) is 48.1 Å². The van der Waals surface area contributed by atoms with E-state index in [1.165, 1.54) is 5.56 Å². The zero-order chi connectivity index (χ0) is 12.1. The number of rotatable bonds is 4. The Morgan fingerprint density at radius 3 is 2.47 bits per heavy atom. The standard InChI is InChI=1S/C14H16N2O/c1-11-2-6-14(7-3-11)17-10-12-4-5-13(8-15)16-9-12/h2-7,9H,8,10,15H2,1H3. The molecule has 0 saturated carbocycles. The average Bonchev–Trinajstić information content (AvgIpc) is 2.39. The predicted molar refractivity (Wildman–Crippen MR) is 67.6 cm³/mol. The summed E-state index contributed by atoms with van der Waals surface area (Å²) in [4.78, 5) is 4.22. The summed E-state index contributed by atoms with van der Waals surface area (Å²) in [5, 5.41) is 0. The van der Waals surface area contributed by atoms with E-state index in [2.05, 4.69) is 11.9 Å². The normalized spacial score (nSPS) is 10.2. The Morgan fingerprint density at radius 2 is 1.88 bits per heavy atom. The van der Waals surface area contributed by atoms with E-state index >= 15 is 0 Å². The van der Waals surface area contributed by atoms with Crippen molar-refractivity contribution < 1.29 is 4.74 Å². The molecule has 0 bridgehead atoms. The Bertz CT molecular complexity index is 463. The van der Waals surface area contributed by atoms with Crippen LogP contribution in [-0.4, -0.2) is 4.98 Å². The van der Waals surface area contributed by atoms with Gasteiger partial charge in [-0.15, -0.1) is 0 Å². The van der Waals surface area contributed by atoms with Gasteiger partial charge < -0.3 is 10.5 Å². The Morgan fingerprint density at radius 1 is 1.12 bits per heavy atom. The first-order valence-electron chi connectivity index (χ1n) is 5.61. The zero-order valence-electron chi connectivity index (χ0n) is 9.89. The van der Waals surface area contributed by atoms with Crippen molar-refractivity contribution in [3.63, 3.8) is 0 Å². The van der Waals surface area contributed by atoms with Gasteiger partial charge in [-0.1, -0.05) is 23.8 Å². The van der Waals surface area contributed by atoms with Gasteiger partial charge in [-0.3, -0.25) is 4.98 Å². The third kappa shape index (κ3) is 3.29. The van der Waals surface area contributed by atoms with Gasteiger partial charge in [-0.05, 0) is 25.1 Å². The lowest BCUT2D eigenvalue weighted by atomic mass is 10.2. The van der Waals surface area contributed by atoms with Crippen LogP contribution in [0.2, 0.25) is 0 Å². The van der Waals surface area contributed by atoms with Crippen LogP contribution in [0, 0.1) is 6.92 Å². The van der Waals surface area contributed by atoms with E-state index in [1.54, 1.807) is 6.20 Å². The molecule has 0 aliphatic rings. The molecular formula is C14H16N2O. The molecule has 3 heteroatoms. The van der Waals surface area contributed by atoms with E-state index in [9.17, 15) is 0 Å². The van der Waals surface area contributed by atoms with Crippen LogP contribution in [0.15, 0.2) is 42.6 Å². The molecule has 0 fully saturated rings. The average molecular weight is 228 g/mol. The number of aryl methyl sites for hydroxylation is 1. The van der Waals surface area contributed by atoms with Gasteiger partial charge >= 0.3 is 0 Å². The van der Waals surface area contributed by atoms with Crippen molar-refractivity contribution in [1.82, 2.24) is 4.98 Å². The minimum absolute atomic E-state index is 0.471. The summed E-state index contributed by atoms with van der Waals surface area (Å²) in [5.41, 5.74) is 8.65. The summed E-state index contributed by atoms with van der Waals surface area (Å²) in [7, 11) is 0. The minimum atomic E-state index is 0.471. The number of aromatic nitrogens is 1. The van der Waals surface area contributed by atoms with E-state index < -0.39 is 0 Å². The SMILES string of the molecule is Cc1ccc(OCc2ccc(CN)nc2)cc1. The molecule has 0 saturated heterocycles. The zero-order valence-corrected chi connectivity index (χ0v) is 9.89. The molecule has 17 heavy (non-hydrogen) atoms. The van der Waals surface area contributed by atoms with Gasteiger partial charge in [0, 0.05) is 18.3 Å². The first-order valence-corrected chi connectivity index (χ1v) is 5.61. The number of pyridine rings is 1. The molecular weight excluding hydrogens is 212 g/mol. The lowest BCUT2D eigenvalue weighted by Crippen LogP contribution is -2.01. The van der Waals surface area contributed by atoms with E-state index in [1.807, 2.05) is 36.4 Å². The summed E-state index contributed by atoms with van der Waals surface area (Å²) in [6.45, 7) is 3.05. The van der Waals surface area contributed by atoms with Crippen molar-refractivity contribution >= 4 is 0 Å². The molecule has 1 aromatic carbocycles. The van der Waals surface area contributed by atoms with E-state index in [-0.39, 0.29) is 0 Å². The molecule has 0 radical (unpaired) electrons. The Balaban J connectivity index is 1.95. The van der Waals surface area contributed by atoms with Crippen LogP contribution in [0.3, 0.4) is 0 Å². The number of ether oxygens (including phenoxy) is 1. The maximum atomic E-state index is 5.65. The third-order valence-electron chi connectivity index (χ3n) is 2.52. The van der Waals surface area contributed by atoms with Gasteiger partial charge in [0.1, 0.15) is 12.4 Å². The summed E-state index contributed by atoms with van der Waals surface area (Å²) in [6.07, 6.45) is 1.80.